The molecule has 1 N–H and O–H groups in total. The Labute approximate surface area is 182 Å². The molecule has 1 aromatic rings. The lowest BCUT2D eigenvalue weighted by Crippen LogP contribution is -2.35. The zero-order chi connectivity index (χ0) is 23.3. The lowest BCUT2D eigenvalue weighted by atomic mass is 10.1. The molecule has 1 unspecified atom stereocenters. The van der Waals surface area contributed by atoms with Crippen molar-refractivity contribution in [1.82, 2.24) is 4.90 Å². The van der Waals surface area contributed by atoms with Gasteiger partial charge >= 0.3 is 12.1 Å². The molecule has 0 saturated carbocycles. The van der Waals surface area contributed by atoms with Gasteiger partial charge in [0.25, 0.3) is 0 Å². The molecule has 0 bridgehead atoms. The summed E-state index contributed by atoms with van der Waals surface area (Å²) in [5, 5.41) is 9.16. The third kappa shape index (κ3) is 11.5. The fourth-order valence-electron chi connectivity index (χ4n) is 2.97. The number of carboxylic acids is 1. The Kier molecular flexibility index (Phi) is 11.8. The average Bonchev–Trinajstić information content (AvgIpc) is 2.71. The van der Waals surface area contributed by atoms with Crippen LogP contribution in [0.2, 0.25) is 0 Å². The summed E-state index contributed by atoms with van der Waals surface area (Å²) < 4.78 is 41.3. The number of halogens is 2. The molecule has 1 atom stereocenters. The average molecular weight is 446 g/mol. The maximum atomic E-state index is 12.8. The van der Waals surface area contributed by atoms with Gasteiger partial charge in [0, 0.05) is 26.0 Å². The van der Waals surface area contributed by atoms with Crippen LogP contribution in [0.5, 0.6) is 5.75 Å². The first-order valence-electron chi connectivity index (χ1n) is 10.4. The van der Waals surface area contributed by atoms with E-state index in [9.17, 15) is 18.4 Å². The van der Waals surface area contributed by atoms with Crippen molar-refractivity contribution < 1.29 is 37.7 Å². The van der Waals surface area contributed by atoms with Crippen molar-refractivity contribution in [3.05, 3.63) is 29.8 Å². The molecule has 0 aromatic heterocycles. The highest BCUT2D eigenvalue weighted by atomic mass is 19.3. The van der Waals surface area contributed by atoms with Gasteiger partial charge in [-0.05, 0) is 44.4 Å². The van der Waals surface area contributed by atoms with E-state index in [1.807, 2.05) is 0 Å². The second-order valence-corrected chi connectivity index (χ2v) is 7.32. The maximum absolute atomic E-state index is 12.8. The summed E-state index contributed by atoms with van der Waals surface area (Å²) in [6.45, 7) is 3.90. The van der Waals surface area contributed by atoms with Crippen molar-refractivity contribution in [1.29, 1.82) is 0 Å². The van der Waals surface area contributed by atoms with Gasteiger partial charge in [0.2, 0.25) is 5.92 Å². The highest BCUT2D eigenvalue weighted by Gasteiger charge is 2.20. The number of nitrogens with zero attached hydrogens (tertiary/aromatic N) is 1. The summed E-state index contributed by atoms with van der Waals surface area (Å²) in [5.41, 5.74) is 0.807. The quantitative estimate of drug-likeness (QED) is 0.403. The van der Waals surface area contributed by atoms with Crippen LogP contribution in [-0.4, -0.2) is 67.5 Å². The smallest absolute Gasteiger partial charge is 0.409 e. The number of carboxylic acid groups (broad SMARTS) is 1. The molecule has 9 heteroatoms. The second kappa shape index (κ2) is 13.8. The summed E-state index contributed by atoms with van der Waals surface area (Å²) in [7, 11) is 1.29. The number of unbranched alkanes of at least 4 members (excludes halogenated alkanes) is 2. The van der Waals surface area contributed by atoms with E-state index in [1.165, 1.54) is 12.0 Å². The summed E-state index contributed by atoms with van der Waals surface area (Å²) in [4.78, 5) is 24.6. The van der Waals surface area contributed by atoms with Gasteiger partial charge in [-0.1, -0.05) is 18.6 Å². The number of aliphatic carboxylic acids is 1. The molecule has 1 aromatic carbocycles. The molecule has 0 aliphatic heterocycles. The van der Waals surface area contributed by atoms with E-state index in [1.54, 1.807) is 31.2 Å². The molecule has 176 valence electrons. The largest absolute Gasteiger partial charge is 0.492 e. The Hall–Kier alpha value is -2.42. The van der Waals surface area contributed by atoms with Gasteiger partial charge in [-0.15, -0.1) is 0 Å². The predicted molar refractivity (Wildman–Crippen MR) is 112 cm³/mol. The van der Waals surface area contributed by atoms with Crippen molar-refractivity contribution in [3.8, 4) is 5.75 Å². The minimum Gasteiger partial charge on any atom is -0.492 e. The number of carbonyl (C=O) groups is 2. The Morgan fingerprint density at radius 3 is 2.35 bits per heavy atom. The number of methoxy groups -OCH3 is 1. The molecule has 0 saturated heterocycles. The molecule has 0 fully saturated rings. The molecular weight excluding hydrogens is 412 g/mol. The Balaban J connectivity index is 2.44. The van der Waals surface area contributed by atoms with Crippen LogP contribution in [0.3, 0.4) is 0 Å². The molecule has 1 amide bonds. The van der Waals surface area contributed by atoms with E-state index >= 15 is 0 Å². The monoisotopic (exact) mass is 445 g/mol. The van der Waals surface area contributed by atoms with Crippen LogP contribution >= 0.6 is 0 Å². The predicted octanol–water partition coefficient (Wildman–Crippen LogP) is 4.38. The van der Waals surface area contributed by atoms with E-state index in [4.69, 9.17) is 19.3 Å². The number of carbonyl (C=O) groups excluding carboxylic acids is 1. The van der Waals surface area contributed by atoms with Gasteiger partial charge in [-0.2, -0.15) is 0 Å². The first-order chi connectivity index (χ1) is 14.7. The van der Waals surface area contributed by atoms with Crippen LogP contribution in [0, 0.1) is 0 Å². The number of hydrogen-bond donors (Lipinski definition) is 1. The van der Waals surface area contributed by atoms with Gasteiger partial charge in [0.15, 0.2) is 6.10 Å². The van der Waals surface area contributed by atoms with Crippen LogP contribution in [0.25, 0.3) is 0 Å². The van der Waals surface area contributed by atoms with E-state index in [-0.39, 0.29) is 19.4 Å². The normalized spacial score (nSPS) is 12.3. The number of alkyl halides is 2. The zero-order valence-electron chi connectivity index (χ0n) is 18.4. The molecule has 0 aliphatic rings. The van der Waals surface area contributed by atoms with E-state index in [2.05, 4.69) is 0 Å². The standard InChI is InChI=1S/C22H33F2NO6/c1-4-30-19(20(26)27)16-17-8-10-18(11-9-17)31-15-14-25(21(28)29-3)13-7-5-6-12-22(2,23)24/h8-11,19H,4-7,12-16H2,1-3H3,(H,26,27). The second-order valence-electron chi connectivity index (χ2n) is 7.32. The SMILES string of the molecule is CCOC(Cc1ccc(OCCN(CCCCCC(C)(F)F)C(=O)OC)cc1)C(=O)O. The van der Waals surface area contributed by atoms with E-state index in [0.717, 1.165) is 12.5 Å². The van der Waals surface area contributed by atoms with Gasteiger partial charge < -0.3 is 24.2 Å². The minimum absolute atomic E-state index is 0.165. The molecule has 0 heterocycles. The molecule has 0 aliphatic carbocycles. The van der Waals surface area contributed by atoms with Gasteiger partial charge in [0.1, 0.15) is 12.4 Å². The van der Waals surface area contributed by atoms with Crippen molar-refractivity contribution in [3.63, 3.8) is 0 Å². The molecule has 0 radical (unpaired) electrons. The van der Waals surface area contributed by atoms with Crippen LogP contribution < -0.4 is 4.74 Å². The topological polar surface area (TPSA) is 85.3 Å². The van der Waals surface area contributed by atoms with E-state index < -0.39 is 24.1 Å². The van der Waals surface area contributed by atoms with Crippen LogP contribution in [0.4, 0.5) is 13.6 Å². The Morgan fingerprint density at radius 1 is 1.13 bits per heavy atom. The molecule has 7 nitrogen and oxygen atoms in total. The minimum atomic E-state index is -2.66. The number of benzene rings is 1. The lowest BCUT2D eigenvalue weighted by molar-refractivity contribution is -0.149. The van der Waals surface area contributed by atoms with Crippen LogP contribution in [-0.2, 0) is 20.7 Å². The molecule has 0 spiro atoms. The van der Waals surface area contributed by atoms with Crippen molar-refractivity contribution in [2.45, 2.75) is 58.0 Å². The summed E-state index contributed by atoms with van der Waals surface area (Å²) in [6.07, 6.45) is 0.297. The van der Waals surface area contributed by atoms with Crippen molar-refractivity contribution >= 4 is 12.1 Å². The summed E-state index contributed by atoms with van der Waals surface area (Å²) >= 11 is 0. The lowest BCUT2D eigenvalue weighted by Gasteiger charge is -2.21. The number of rotatable bonds is 15. The number of hydrogen-bond acceptors (Lipinski definition) is 5. The number of amides is 1. The van der Waals surface area contributed by atoms with E-state index in [0.29, 0.717) is 44.7 Å². The first kappa shape index (κ1) is 26.6. The van der Waals surface area contributed by atoms with Gasteiger partial charge in [-0.25, -0.2) is 18.4 Å². The van der Waals surface area contributed by atoms with Crippen molar-refractivity contribution in [2.75, 3.05) is 33.4 Å². The Bertz CT molecular complexity index is 663. The number of ether oxygens (including phenoxy) is 3. The maximum Gasteiger partial charge on any atom is 0.409 e. The third-order valence-corrected chi connectivity index (χ3v) is 4.59. The van der Waals surface area contributed by atoms with Gasteiger partial charge in [0.05, 0.1) is 13.7 Å². The highest BCUT2D eigenvalue weighted by molar-refractivity contribution is 5.72. The molecule has 1 rings (SSSR count). The van der Waals surface area contributed by atoms with Gasteiger partial charge in [-0.3, -0.25) is 0 Å². The zero-order valence-corrected chi connectivity index (χ0v) is 18.4. The van der Waals surface area contributed by atoms with Crippen LogP contribution in [0.1, 0.15) is 45.1 Å². The third-order valence-electron chi connectivity index (χ3n) is 4.59. The fourth-order valence-corrected chi connectivity index (χ4v) is 2.97. The Morgan fingerprint density at radius 2 is 1.81 bits per heavy atom. The summed E-state index contributed by atoms with van der Waals surface area (Å²) in [5.74, 6) is -3.08. The molecular formula is C22H33F2NO6. The first-order valence-corrected chi connectivity index (χ1v) is 10.4. The van der Waals surface area contributed by atoms with Crippen molar-refractivity contribution in [2.24, 2.45) is 0 Å². The molecule has 31 heavy (non-hydrogen) atoms. The highest BCUT2D eigenvalue weighted by Crippen LogP contribution is 2.20. The van der Waals surface area contributed by atoms with Crippen LogP contribution in [0.15, 0.2) is 24.3 Å². The summed E-state index contributed by atoms with van der Waals surface area (Å²) in [6, 6.07) is 7.00. The fraction of sp³-hybridized carbons (Fsp3) is 0.636.